The Morgan fingerprint density at radius 2 is 2.04 bits per heavy atom. The van der Waals surface area contributed by atoms with Crippen LogP contribution in [0.3, 0.4) is 0 Å². The maximum Gasteiger partial charge on any atom is 0.410 e. The number of carbonyl (C=O) groups is 2. The summed E-state index contributed by atoms with van der Waals surface area (Å²) >= 11 is 0. The molecule has 3 heterocycles. The number of rotatable bonds is 3. The van der Waals surface area contributed by atoms with Crippen LogP contribution >= 0.6 is 0 Å². The molecule has 1 N–H and O–H groups in total. The Balaban J connectivity index is 1.39. The van der Waals surface area contributed by atoms with E-state index in [1.807, 2.05) is 30.3 Å². The Bertz CT molecular complexity index is 827. The number of nitrogens with one attached hydrogen (secondary N) is 1. The van der Waals surface area contributed by atoms with E-state index in [4.69, 9.17) is 9.26 Å². The molecule has 0 saturated carbocycles. The van der Waals surface area contributed by atoms with Crippen LogP contribution in [0.5, 0.6) is 0 Å². The summed E-state index contributed by atoms with van der Waals surface area (Å²) in [6.07, 6.45) is 0.729. The highest BCUT2D eigenvalue weighted by atomic mass is 16.6. The second kappa shape index (κ2) is 6.94. The number of nitrogens with zero attached hydrogens (tertiary/aromatic N) is 3. The Kier molecular flexibility index (Phi) is 4.47. The molecule has 1 aromatic carbocycles. The zero-order valence-corrected chi connectivity index (χ0v) is 15.2. The minimum absolute atomic E-state index is 0.0254. The summed E-state index contributed by atoms with van der Waals surface area (Å²) < 4.78 is 10.3. The van der Waals surface area contributed by atoms with Gasteiger partial charge in [-0.2, -0.15) is 0 Å². The van der Waals surface area contributed by atoms with Crippen molar-refractivity contribution in [1.29, 1.82) is 0 Å². The van der Waals surface area contributed by atoms with Crippen LogP contribution in [-0.2, 0) is 16.1 Å². The molecule has 8 heteroatoms. The van der Waals surface area contributed by atoms with Crippen molar-refractivity contribution in [3.63, 3.8) is 0 Å². The fourth-order valence-electron chi connectivity index (χ4n) is 3.80. The maximum atomic E-state index is 12.6. The minimum atomic E-state index is -0.610. The van der Waals surface area contributed by atoms with Gasteiger partial charge < -0.3 is 24.4 Å². The van der Waals surface area contributed by atoms with Crippen LogP contribution in [0.25, 0.3) is 0 Å². The lowest BCUT2D eigenvalue weighted by molar-refractivity contribution is -0.125. The number of para-hydroxylation sites is 1. The van der Waals surface area contributed by atoms with Gasteiger partial charge in [-0.1, -0.05) is 23.4 Å². The summed E-state index contributed by atoms with van der Waals surface area (Å²) in [4.78, 5) is 28.7. The van der Waals surface area contributed by atoms with Crippen LogP contribution in [0.15, 0.2) is 40.9 Å². The molecule has 0 atom stereocenters. The van der Waals surface area contributed by atoms with E-state index < -0.39 is 11.6 Å². The van der Waals surface area contributed by atoms with Crippen LogP contribution in [0.2, 0.25) is 0 Å². The highest BCUT2D eigenvalue weighted by Gasteiger charge is 2.50. The van der Waals surface area contributed by atoms with Crippen molar-refractivity contribution in [1.82, 2.24) is 15.4 Å². The molecule has 0 aliphatic carbocycles. The lowest BCUT2D eigenvalue weighted by Crippen LogP contribution is -2.57. The van der Waals surface area contributed by atoms with Crippen molar-refractivity contribution in [2.45, 2.75) is 31.9 Å². The third-order valence-corrected chi connectivity index (χ3v) is 5.27. The van der Waals surface area contributed by atoms with Crippen LogP contribution in [0.1, 0.15) is 24.3 Å². The number of piperidine rings is 1. The van der Waals surface area contributed by atoms with Crippen molar-refractivity contribution < 1.29 is 18.8 Å². The summed E-state index contributed by atoms with van der Waals surface area (Å²) in [6, 6.07) is 11.6. The number of hydrogen-bond donors (Lipinski definition) is 1. The number of carbonyl (C=O) groups excluding carboxylic acids is 2. The monoisotopic (exact) mass is 370 g/mol. The van der Waals surface area contributed by atoms with Gasteiger partial charge >= 0.3 is 6.09 Å². The largest absolute Gasteiger partial charge is 0.443 e. The van der Waals surface area contributed by atoms with Gasteiger partial charge in [-0.15, -0.1) is 0 Å². The maximum absolute atomic E-state index is 12.6. The lowest BCUT2D eigenvalue weighted by Gasteiger charge is -2.42. The molecule has 1 aromatic heterocycles. The highest BCUT2D eigenvalue weighted by molar-refractivity contribution is 5.93. The van der Waals surface area contributed by atoms with Crippen LogP contribution in [0.4, 0.5) is 10.5 Å². The molecule has 2 aromatic rings. The molecule has 4 rings (SSSR count). The fraction of sp³-hybridized carbons (Fsp3) is 0.421. The van der Waals surface area contributed by atoms with E-state index in [1.54, 1.807) is 17.9 Å². The van der Waals surface area contributed by atoms with Crippen molar-refractivity contribution in [3.05, 3.63) is 47.9 Å². The van der Waals surface area contributed by atoms with Crippen LogP contribution < -0.4 is 10.2 Å². The first-order valence-electron chi connectivity index (χ1n) is 9.03. The number of anilines is 1. The minimum Gasteiger partial charge on any atom is -0.443 e. The van der Waals surface area contributed by atoms with E-state index in [1.165, 1.54) is 0 Å². The molecule has 8 nitrogen and oxygen atoms in total. The molecule has 0 unspecified atom stereocenters. The molecular weight excluding hydrogens is 348 g/mol. The molecule has 2 aliphatic rings. The topological polar surface area (TPSA) is 87.9 Å². The standard InChI is InChI=1S/C19H22N4O4/c1-14-11-15(21-27-14)12-26-18(25)22-9-7-19(8-10-22)17(24)20-13-23(19)16-5-3-2-4-6-16/h2-6,11H,7-10,12-13H2,1H3,(H,20,24). The number of hydrogen-bond acceptors (Lipinski definition) is 6. The number of aromatic nitrogens is 1. The van der Waals surface area contributed by atoms with Crippen LogP contribution in [0, 0.1) is 6.92 Å². The van der Waals surface area contributed by atoms with E-state index in [0.29, 0.717) is 44.1 Å². The van der Waals surface area contributed by atoms with Crippen molar-refractivity contribution in [3.8, 4) is 0 Å². The molecule has 2 fully saturated rings. The second-order valence-electron chi connectivity index (χ2n) is 6.93. The van der Waals surface area contributed by atoms with Crippen molar-refractivity contribution in [2.24, 2.45) is 0 Å². The summed E-state index contributed by atoms with van der Waals surface area (Å²) in [5.74, 6) is 0.701. The van der Waals surface area contributed by atoms with E-state index in [-0.39, 0.29) is 12.5 Å². The smallest absolute Gasteiger partial charge is 0.410 e. The Morgan fingerprint density at radius 1 is 1.30 bits per heavy atom. The molecule has 1 spiro atoms. The third kappa shape index (κ3) is 3.22. The molecule has 0 bridgehead atoms. The second-order valence-corrected chi connectivity index (χ2v) is 6.93. The Labute approximate surface area is 157 Å². The number of amides is 2. The van der Waals surface area contributed by atoms with Crippen LogP contribution in [-0.4, -0.2) is 47.4 Å². The number of benzene rings is 1. The van der Waals surface area contributed by atoms with E-state index >= 15 is 0 Å². The van der Waals surface area contributed by atoms with Gasteiger partial charge in [-0.05, 0) is 31.9 Å². The number of ether oxygens (including phenoxy) is 1. The zero-order chi connectivity index (χ0) is 18.9. The average Bonchev–Trinajstić information content (AvgIpc) is 3.25. The summed E-state index contributed by atoms with van der Waals surface area (Å²) in [7, 11) is 0. The third-order valence-electron chi connectivity index (χ3n) is 5.27. The quantitative estimate of drug-likeness (QED) is 0.890. The van der Waals surface area contributed by atoms with Crippen molar-refractivity contribution in [2.75, 3.05) is 24.7 Å². The van der Waals surface area contributed by atoms with E-state index in [0.717, 1.165) is 5.69 Å². The summed E-state index contributed by atoms with van der Waals surface area (Å²) in [6.45, 7) is 3.28. The summed E-state index contributed by atoms with van der Waals surface area (Å²) in [5.41, 5.74) is 0.981. The van der Waals surface area contributed by atoms with Gasteiger partial charge in [0.1, 0.15) is 23.6 Å². The molecule has 2 saturated heterocycles. The van der Waals surface area contributed by atoms with Gasteiger partial charge in [0.2, 0.25) is 5.91 Å². The predicted octanol–water partition coefficient (Wildman–Crippen LogP) is 2.05. The first-order valence-corrected chi connectivity index (χ1v) is 9.03. The van der Waals surface area contributed by atoms with Gasteiger partial charge in [0.05, 0.1) is 6.67 Å². The fourth-order valence-corrected chi connectivity index (χ4v) is 3.80. The molecule has 27 heavy (non-hydrogen) atoms. The number of aryl methyl sites for hydroxylation is 1. The molecule has 142 valence electrons. The Morgan fingerprint density at radius 3 is 2.70 bits per heavy atom. The highest BCUT2D eigenvalue weighted by Crippen LogP contribution is 2.36. The number of likely N-dealkylation sites (tertiary alicyclic amines) is 1. The summed E-state index contributed by atoms with van der Waals surface area (Å²) in [5, 5.41) is 6.77. The van der Waals surface area contributed by atoms with Crippen molar-refractivity contribution >= 4 is 17.7 Å². The predicted molar refractivity (Wildman–Crippen MR) is 96.9 cm³/mol. The molecule has 2 aliphatic heterocycles. The van der Waals surface area contributed by atoms with Gasteiger partial charge in [-0.25, -0.2) is 4.79 Å². The van der Waals surface area contributed by atoms with E-state index in [9.17, 15) is 9.59 Å². The lowest BCUT2D eigenvalue weighted by atomic mass is 9.86. The normalized spacial score (nSPS) is 18.6. The molecule has 2 amide bonds. The zero-order valence-electron chi connectivity index (χ0n) is 15.2. The Hall–Kier alpha value is -3.03. The van der Waals surface area contributed by atoms with Gasteiger partial charge in [0.25, 0.3) is 0 Å². The van der Waals surface area contributed by atoms with Gasteiger partial charge in [-0.3, -0.25) is 4.79 Å². The SMILES string of the molecule is Cc1cc(COC(=O)N2CCC3(CC2)C(=O)NCN3c2ccccc2)no1. The van der Waals surface area contributed by atoms with Gasteiger partial charge in [0, 0.05) is 24.8 Å². The average molecular weight is 370 g/mol. The first kappa shape index (κ1) is 17.4. The van der Waals surface area contributed by atoms with E-state index in [2.05, 4.69) is 15.4 Å². The first-order chi connectivity index (χ1) is 13.1. The molecule has 0 radical (unpaired) electrons. The molecular formula is C19H22N4O4. The van der Waals surface area contributed by atoms with Gasteiger partial charge in [0.15, 0.2) is 0 Å².